The van der Waals surface area contributed by atoms with E-state index in [0.717, 1.165) is 35.6 Å². The first-order valence-electron chi connectivity index (χ1n) is 7.50. The second-order valence-corrected chi connectivity index (χ2v) is 6.06. The first-order valence-corrected chi connectivity index (χ1v) is 8.29. The molecule has 2 rings (SSSR count). The molecular weight excluding hydrogens is 318 g/mol. The van der Waals surface area contributed by atoms with Gasteiger partial charge in [-0.1, -0.05) is 13.3 Å². The van der Waals surface area contributed by atoms with Crippen molar-refractivity contribution in [3.63, 3.8) is 0 Å². The number of halogens is 1. The van der Waals surface area contributed by atoms with Crippen LogP contribution >= 0.6 is 15.9 Å². The van der Waals surface area contributed by atoms with Gasteiger partial charge in [-0.2, -0.15) is 0 Å². The zero-order chi connectivity index (χ0) is 14.2. The van der Waals surface area contributed by atoms with Crippen LogP contribution < -0.4 is 10.1 Å². The monoisotopic (exact) mass is 341 g/mol. The topological polar surface area (TPSA) is 37.4 Å². The van der Waals surface area contributed by atoms with E-state index in [1.165, 1.54) is 32.4 Å². The Morgan fingerprint density at radius 2 is 2.15 bits per heavy atom. The van der Waals surface area contributed by atoms with Gasteiger partial charge in [-0.25, -0.2) is 4.98 Å². The molecule has 1 aliphatic heterocycles. The Morgan fingerprint density at radius 1 is 1.35 bits per heavy atom. The molecule has 0 aromatic carbocycles. The summed E-state index contributed by atoms with van der Waals surface area (Å²) in [4.78, 5) is 6.86. The van der Waals surface area contributed by atoms with Crippen molar-refractivity contribution in [3.8, 4) is 5.88 Å². The van der Waals surface area contributed by atoms with Crippen LogP contribution in [0.2, 0.25) is 0 Å². The molecule has 20 heavy (non-hydrogen) atoms. The number of piperidine rings is 1. The predicted molar refractivity (Wildman–Crippen MR) is 85.1 cm³/mol. The third kappa shape index (κ3) is 5.04. The van der Waals surface area contributed by atoms with Crippen molar-refractivity contribution in [1.82, 2.24) is 15.2 Å². The molecule has 1 aromatic heterocycles. The number of aromatic nitrogens is 1. The van der Waals surface area contributed by atoms with Crippen LogP contribution in [0, 0.1) is 0 Å². The number of hydrogen-bond acceptors (Lipinski definition) is 4. The van der Waals surface area contributed by atoms with Gasteiger partial charge >= 0.3 is 0 Å². The fourth-order valence-electron chi connectivity index (χ4n) is 2.44. The van der Waals surface area contributed by atoms with E-state index in [1.54, 1.807) is 6.20 Å². The second kappa shape index (κ2) is 8.60. The summed E-state index contributed by atoms with van der Waals surface area (Å²) in [5.74, 6) is 0.756. The Hall–Kier alpha value is -0.650. The molecule has 4 nitrogen and oxygen atoms in total. The number of nitrogens with one attached hydrogen (secondary N) is 1. The molecule has 2 heterocycles. The zero-order valence-corrected chi connectivity index (χ0v) is 13.8. The van der Waals surface area contributed by atoms with Gasteiger partial charge in [0.15, 0.2) is 0 Å². The molecule has 0 atom stereocenters. The highest BCUT2D eigenvalue weighted by Gasteiger charge is 2.11. The molecule has 0 amide bonds. The largest absolute Gasteiger partial charge is 0.476 e. The highest BCUT2D eigenvalue weighted by atomic mass is 79.9. The first kappa shape index (κ1) is 15.7. The van der Waals surface area contributed by atoms with Gasteiger partial charge in [-0.15, -0.1) is 0 Å². The standard InChI is InChI=1S/C15H24BrN3O/c1-2-17-11-13-10-14(16)12-18-15(13)20-9-8-19-6-4-3-5-7-19/h10,12,17H,2-9,11H2,1H3. The van der Waals surface area contributed by atoms with Crippen LogP contribution in [-0.4, -0.2) is 42.7 Å². The molecule has 1 saturated heterocycles. The molecular formula is C15H24BrN3O. The quantitative estimate of drug-likeness (QED) is 0.827. The van der Waals surface area contributed by atoms with E-state index in [2.05, 4.69) is 44.1 Å². The fourth-order valence-corrected chi connectivity index (χ4v) is 2.82. The van der Waals surface area contributed by atoms with Crippen molar-refractivity contribution in [2.24, 2.45) is 0 Å². The maximum absolute atomic E-state index is 5.88. The number of pyridine rings is 1. The number of nitrogens with zero attached hydrogens (tertiary/aromatic N) is 2. The van der Waals surface area contributed by atoms with E-state index >= 15 is 0 Å². The minimum absolute atomic E-state index is 0.716. The van der Waals surface area contributed by atoms with Gasteiger partial charge in [-0.05, 0) is 54.5 Å². The summed E-state index contributed by atoms with van der Waals surface area (Å²) in [7, 11) is 0. The summed E-state index contributed by atoms with van der Waals surface area (Å²) in [5, 5.41) is 3.32. The van der Waals surface area contributed by atoms with Crippen molar-refractivity contribution in [3.05, 3.63) is 22.3 Å². The number of rotatable bonds is 7. The lowest BCUT2D eigenvalue weighted by molar-refractivity contribution is 0.179. The van der Waals surface area contributed by atoms with Crippen molar-refractivity contribution in [1.29, 1.82) is 0 Å². The van der Waals surface area contributed by atoms with Gasteiger partial charge in [0, 0.05) is 29.3 Å². The Morgan fingerprint density at radius 3 is 2.90 bits per heavy atom. The van der Waals surface area contributed by atoms with Crippen molar-refractivity contribution >= 4 is 15.9 Å². The summed E-state index contributed by atoms with van der Waals surface area (Å²) < 4.78 is 6.87. The summed E-state index contributed by atoms with van der Waals surface area (Å²) >= 11 is 3.46. The third-order valence-corrected chi connectivity index (χ3v) is 3.99. The van der Waals surface area contributed by atoms with E-state index < -0.39 is 0 Å². The van der Waals surface area contributed by atoms with Gasteiger partial charge < -0.3 is 10.1 Å². The van der Waals surface area contributed by atoms with Crippen molar-refractivity contribution in [2.45, 2.75) is 32.7 Å². The van der Waals surface area contributed by atoms with Gasteiger partial charge in [0.05, 0.1) is 0 Å². The van der Waals surface area contributed by atoms with Gasteiger partial charge in [0.2, 0.25) is 5.88 Å². The molecule has 0 spiro atoms. The average molecular weight is 342 g/mol. The number of likely N-dealkylation sites (tertiary alicyclic amines) is 1. The SMILES string of the molecule is CCNCc1cc(Br)cnc1OCCN1CCCCC1. The average Bonchev–Trinajstić information content (AvgIpc) is 2.48. The second-order valence-electron chi connectivity index (χ2n) is 5.15. The summed E-state index contributed by atoms with van der Waals surface area (Å²) in [6.07, 6.45) is 5.81. The Labute approximate surface area is 130 Å². The molecule has 0 saturated carbocycles. The molecule has 1 aliphatic rings. The normalized spacial score (nSPS) is 16.3. The van der Waals surface area contributed by atoms with Crippen LogP contribution in [0.25, 0.3) is 0 Å². The van der Waals surface area contributed by atoms with Gasteiger partial charge in [0.1, 0.15) is 6.61 Å². The maximum atomic E-state index is 5.88. The Kier molecular flexibility index (Phi) is 6.76. The molecule has 112 valence electrons. The molecule has 0 radical (unpaired) electrons. The van der Waals surface area contributed by atoms with E-state index in [-0.39, 0.29) is 0 Å². The lowest BCUT2D eigenvalue weighted by atomic mass is 10.1. The van der Waals surface area contributed by atoms with E-state index in [1.807, 2.05) is 0 Å². The molecule has 0 aliphatic carbocycles. The summed E-state index contributed by atoms with van der Waals surface area (Å²) in [5.41, 5.74) is 1.11. The maximum Gasteiger partial charge on any atom is 0.217 e. The summed E-state index contributed by atoms with van der Waals surface area (Å²) in [6.45, 7) is 7.97. The molecule has 5 heteroatoms. The van der Waals surface area contributed by atoms with Crippen LogP contribution in [0.5, 0.6) is 5.88 Å². The highest BCUT2D eigenvalue weighted by Crippen LogP contribution is 2.20. The summed E-state index contributed by atoms with van der Waals surface area (Å²) in [6, 6.07) is 2.08. The molecule has 0 unspecified atom stereocenters. The van der Waals surface area contributed by atoms with Crippen LogP contribution in [0.1, 0.15) is 31.7 Å². The smallest absolute Gasteiger partial charge is 0.217 e. The van der Waals surface area contributed by atoms with Crippen LogP contribution in [-0.2, 0) is 6.54 Å². The third-order valence-electron chi connectivity index (χ3n) is 3.55. The fraction of sp³-hybridized carbons (Fsp3) is 0.667. The van der Waals surface area contributed by atoms with Crippen LogP contribution in [0.4, 0.5) is 0 Å². The van der Waals surface area contributed by atoms with Gasteiger partial charge in [0.25, 0.3) is 0 Å². The lowest BCUT2D eigenvalue weighted by Crippen LogP contribution is -2.33. The Bertz CT molecular complexity index is 408. The van der Waals surface area contributed by atoms with Gasteiger partial charge in [-0.3, -0.25) is 4.90 Å². The molecule has 1 aromatic rings. The minimum Gasteiger partial charge on any atom is -0.476 e. The lowest BCUT2D eigenvalue weighted by Gasteiger charge is -2.26. The molecule has 1 N–H and O–H groups in total. The number of ether oxygens (including phenoxy) is 1. The molecule has 1 fully saturated rings. The van der Waals surface area contributed by atoms with Crippen LogP contribution in [0.15, 0.2) is 16.7 Å². The van der Waals surface area contributed by atoms with Crippen molar-refractivity contribution < 1.29 is 4.74 Å². The predicted octanol–water partition coefficient (Wildman–Crippen LogP) is 2.82. The van der Waals surface area contributed by atoms with Crippen LogP contribution in [0.3, 0.4) is 0 Å². The zero-order valence-electron chi connectivity index (χ0n) is 12.2. The Balaban J connectivity index is 1.84. The molecule has 0 bridgehead atoms. The van der Waals surface area contributed by atoms with E-state index in [4.69, 9.17) is 4.74 Å². The van der Waals surface area contributed by atoms with E-state index in [0.29, 0.717) is 6.61 Å². The van der Waals surface area contributed by atoms with E-state index in [9.17, 15) is 0 Å². The highest BCUT2D eigenvalue weighted by molar-refractivity contribution is 9.10. The minimum atomic E-state index is 0.716. The number of hydrogen-bond donors (Lipinski definition) is 1. The van der Waals surface area contributed by atoms with Crippen molar-refractivity contribution in [2.75, 3.05) is 32.8 Å². The first-order chi connectivity index (χ1) is 9.79.